The van der Waals surface area contributed by atoms with Gasteiger partial charge in [-0.1, -0.05) is 6.92 Å². The number of nitrogens with zero attached hydrogens (tertiary/aromatic N) is 5. The first-order chi connectivity index (χ1) is 11.1. The van der Waals surface area contributed by atoms with Crippen molar-refractivity contribution in [3.63, 3.8) is 0 Å². The number of aliphatic hydroxyl groups is 1. The zero-order valence-electron chi connectivity index (χ0n) is 13.2. The first-order valence-electron chi connectivity index (χ1n) is 7.89. The summed E-state index contributed by atoms with van der Waals surface area (Å²) in [5, 5.41) is 13.4. The van der Waals surface area contributed by atoms with Crippen molar-refractivity contribution in [2.45, 2.75) is 32.9 Å². The van der Waals surface area contributed by atoms with Gasteiger partial charge in [0.2, 0.25) is 5.91 Å². The van der Waals surface area contributed by atoms with E-state index >= 15 is 0 Å². The molecule has 1 saturated heterocycles. The van der Waals surface area contributed by atoms with Crippen LogP contribution in [-0.2, 0) is 17.9 Å². The zero-order valence-corrected chi connectivity index (χ0v) is 13.2. The highest BCUT2D eigenvalue weighted by Crippen LogP contribution is 2.16. The number of hydrogen-bond donors (Lipinski definition) is 1. The highest BCUT2D eigenvalue weighted by Gasteiger charge is 2.21. The minimum atomic E-state index is -0.280. The summed E-state index contributed by atoms with van der Waals surface area (Å²) < 4.78 is 2.81. The molecule has 8 nitrogen and oxygen atoms in total. The molecule has 1 fully saturated rings. The van der Waals surface area contributed by atoms with Gasteiger partial charge in [0.25, 0.3) is 5.56 Å². The largest absolute Gasteiger partial charge is 0.394 e. The highest BCUT2D eigenvalue weighted by molar-refractivity contribution is 5.77. The van der Waals surface area contributed by atoms with Crippen molar-refractivity contribution in [2.75, 3.05) is 19.7 Å². The second-order valence-corrected chi connectivity index (χ2v) is 6.07. The molecule has 0 aromatic carbocycles. The van der Waals surface area contributed by atoms with Crippen molar-refractivity contribution < 1.29 is 9.90 Å². The van der Waals surface area contributed by atoms with Crippen LogP contribution in [0.15, 0.2) is 17.3 Å². The van der Waals surface area contributed by atoms with Gasteiger partial charge in [0.15, 0.2) is 5.65 Å². The number of amides is 1. The minimum Gasteiger partial charge on any atom is -0.394 e. The summed E-state index contributed by atoms with van der Waals surface area (Å²) in [4.78, 5) is 30.8. The lowest BCUT2D eigenvalue weighted by Gasteiger charge is -2.30. The van der Waals surface area contributed by atoms with E-state index in [1.165, 1.54) is 21.8 Å². The first kappa shape index (κ1) is 15.7. The molecule has 0 atom stereocenters. The monoisotopic (exact) mass is 319 g/mol. The number of hydrogen-bond acceptors (Lipinski definition) is 5. The lowest BCUT2D eigenvalue weighted by Crippen LogP contribution is -2.41. The average Bonchev–Trinajstić information content (AvgIpc) is 2.95. The molecule has 3 heterocycles. The van der Waals surface area contributed by atoms with Gasteiger partial charge in [-0.3, -0.25) is 14.2 Å². The molecule has 1 aliphatic heterocycles. The van der Waals surface area contributed by atoms with Gasteiger partial charge in [0.05, 0.1) is 19.3 Å². The Kier molecular flexibility index (Phi) is 4.42. The topological polar surface area (TPSA) is 93.2 Å². The SMILES string of the molecule is CC1CCN(C(=O)Cn2cnc3c(cnn3CCO)c2=O)CC1. The number of aliphatic hydroxyl groups excluding tert-OH is 1. The quantitative estimate of drug-likeness (QED) is 0.845. The van der Waals surface area contributed by atoms with Crippen molar-refractivity contribution >= 4 is 16.9 Å². The maximum absolute atomic E-state index is 12.5. The van der Waals surface area contributed by atoms with Crippen LogP contribution < -0.4 is 5.56 Å². The van der Waals surface area contributed by atoms with Crippen LogP contribution in [0.3, 0.4) is 0 Å². The molecular weight excluding hydrogens is 298 g/mol. The van der Waals surface area contributed by atoms with Crippen LogP contribution >= 0.6 is 0 Å². The summed E-state index contributed by atoms with van der Waals surface area (Å²) in [6.07, 6.45) is 4.83. The van der Waals surface area contributed by atoms with Gasteiger partial charge in [0, 0.05) is 13.1 Å². The van der Waals surface area contributed by atoms with E-state index in [0.29, 0.717) is 17.0 Å². The molecule has 0 aliphatic carbocycles. The van der Waals surface area contributed by atoms with Crippen molar-refractivity contribution in [3.8, 4) is 0 Å². The van der Waals surface area contributed by atoms with Gasteiger partial charge in [-0.05, 0) is 18.8 Å². The van der Waals surface area contributed by atoms with Crippen LogP contribution in [0.4, 0.5) is 0 Å². The van der Waals surface area contributed by atoms with Gasteiger partial charge in [0.1, 0.15) is 18.3 Å². The highest BCUT2D eigenvalue weighted by atomic mass is 16.3. The number of aromatic nitrogens is 4. The summed E-state index contributed by atoms with van der Waals surface area (Å²) in [7, 11) is 0. The summed E-state index contributed by atoms with van der Waals surface area (Å²) in [5.74, 6) is 0.597. The maximum Gasteiger partial charge on any atom is 0.264 e. The normalized spacial score (nSPS) is 16.2. The fourth-order valence-electron chi connectivity index (χ4n) is 2.87. The van der Waals surface area contributed by atoms with Crippen LogP contribution in [0.2, 0.25) is 0 Å². The maximum atomic E-state index is 12.5. The Bertz CT molecular complexity index is 758. The molecule has 3 rings (SSSR count). The molecule has 8 heteroatoms. The second kappa shape index (κ2) is 6.49. The number of carbonyl (C=O) groups excluding carboxylic acids is 1. The number of fused-ring (bicyclic) bond motifs is 1. The fraction of sp³-hybridized carbons (Fsp3) is 0.600. The van der Waals surface area contributed by atoms with E-state index in [0.717, 1.165) is 25.9 Å². The molecule has 0 spiro atoms. The van der Waals surface area contributed by atoms with E-state index in [4.69, 9.17) is 5.11 Å². The first-order valence-corrected chi connectivity index (χ1v) is 7.89. The Morgan fingerprint density at radius 3 is 2.83 bits per heavy atom. The van der Waals surface area contributed by atoms with Crippen LogP contribution in [-0.4, -0.2) is 54.9 Å². The Hall–Kier alpha value is -2.22. The zero-order chi connectivity index (χ0) is 16.4. The van der Waals surface area contributed by atoms with Gasteiger partial charge >= 0.3 is 0 Å². The average molecular weight is 319 g/mol. The van der Waals surface area contributed by atoms with E-state index in [1.54, 1.807) is 0 Å². The van der Waals surface area contributed by atoms with Gasteiger partial charge < -0.3 is 10.0 Å². The van der Waals surface area contributed by atoms with Crippen molar-refractivity contribution in [3.05, 3.63) is 22.9 Å². The van der Waals surface area contributed by atoms with E-state index in [1.807, 2.05) is 4.90 Å². The molecule has 124 valence electrons. The standard InChI is InChI=1S/C15H21N5O3/c1-11-2-4-18(5-3-11)13(22)9-19-10-16-14-12(15(19)23)8-17-20(14)6-7-21/h8,10-11,21H,2-7,9H2,1H3. The Morgan fingerprint density at radius 2 is 2.13 bits per heavy atom. The molecule has 1 aliphatic rings. The Morgan fingerprint density at radius 1 is 1.39 bits per heavy atom. The van der Waals surface area contributed by atoms with Crippen molar-refractivity contribution in [1.82, 2.24) is 24.2 Å². The third-order valence-corrected chi connectivity index (χ3v) is 4.38. The third-order valence-electron chi connectivity index (χ3n) is 4.38. The van der Waals surface area contributed by atoms with Crippen LogP contribution in [0.1, 0.15) is 19.8 Å². The molecule has 23 heavy (non-hydrogen) atoms. The molecular formula is C15H21N5O3. The summed E-state index contributed by atoms with van der Waals surface area (Å²) >= 11 is 0. The number of likely N-dealkylation sites (tertiary alicyclic amines) is 1. The van der Waals surface area contributed by atoms with Gasteiger partial charge in [-0.15, -0.1) is 0 Å². The molecule has 2 aromatic heterocycles. The van der Waals surface area contributed by atoms with E-state index in [-0.39, 0.29) is 31.2 Å². The van der Waals surface area contributed by atoms with Gasteiger partial charge in [-0.25, -0.2) is 9.67 Å². The van der Waals surface area contributed by atoms with E-state index in [9.17, 15) is 9.59 Å². The van der Waals surface area contributed by atoms with E-state index < -0.39 is 0 Å². The molecule has 0 saturated carbocycles. The molecule has 1 amide bonds. The smallest absolute Gasteiger partial charge is 0.264 e. The molecule has 0 bridgehead atoms. The lowest BCUT2D eigenvalue weighted by atomic mass is 9.99. The van der Waals surface area contributed by atoms with Crippen LogP contribution in [0, 0.1) is 5.92 Å². The molecule has 0 unspecified atom stereocenters. The van der Waals surface area contributed by atoms with Crippen LogP contribution in [0.25, 0.3) is 11.0 Å². The minimum absolute atomic E-state index is 0.00132. The summed E-state index contributed by atoms with van der Waals surface area (Å²) in [6, 6.07) is 0. The van der Waals surface area contributed by atoms with Crippen molar-refractivity contribution in [2.24, 2.45) is 5.92 Å². The molecule has 1 N–H and O–H groups in total. The predicted molar refractivity (Wildman–Crippen MR) is 83.9 cm³/mol. The second-order valence-electron chi connectivity index (χ2n) is 6.07. The van der Waals surface area contributed by atoms with Crippen LogP contribution in [0.5, 0.6) is 0 Å². The van der Waals surface area contributed by atoms with E-state index in [2.05, 4.69) is 17.0 Å². The Labute approximate surface area is 133 Å². The third kappa shape index (κ3) is 3.12. The predicted octanol–water partition coefficient (Wildman–Crippen LogP) is -0.156. The Balaban J connectivity index is 1.79. The van der Waals surface area contributed by atoms with Crippen molar-refractivity contribution in [1.29, 1.82) is 0 Å². The number of carbonyl (C=O) groups is 1. The summed E-state index contributed by atoms with van der Waals surface area (Å²) in [6.45, 7) is 3.89. The molecule has 2 aromatic rings. The number of piperidine rings is 1. The summed E-state index contributed by atoms with van der Waals surface area (Å²) in [5.41, 5.74) is 0.150. The number of rotatable bonds is 4. The lowest BCUT2D eigenvalue weighted by molar-refractivity contribution is -0.133. The molecule has 0 radical (unpaired) electrons. The fourth-order valence-corrected chi connectivity index (χ4v) is 2.87. The van der Waals surface area contributed by atoms with Gasteiger partial charge in [-0.2, -0.15) is 5.10 Å².